The quantitative estimate of drug-likeness (QED) is 0.389. The van der Waals surface area contributed by atoms with Crippen LogP contribution in [-0.2, 0) is 4.79 Å². The van der Waals surface area contributed by atoms with Crippen LogP contribution >= 0.6 is 23.2 Å². The molecule has 2 aromatic carbocycles. The predicted molar refractivity (Wildman–Crippen MR) is 102 cm³/mol. The largest absolute Gasteiger partial charge is 0.478 e. The van der Waals surface area contributed by atoms with Crippen LogP contribution in [0.2, 0.25) is 10.0 Å². The SMILES string of the molecule is Nc1cccc(C(=Cc2c(C(=O)O)[nH]c3cc(Cl)cc(Cl)c23)C(=O)O)c1. The van der Waals surface area contributed by atoms with Gasteiger partial charge in [0.25, 0.3) is 0 Å². The molecule has 6 nitrogen and oxygen atoms in total. The zero-order valence-corrected chi connectivity index (χ0v) is 14.6. The lowest BCUT2D eigenvalue weighted by atomic mass is 10.0. The molecule has 0 fully saturated rings. The molecule has 0 radical (unpaired) electrons. The number of carboxylic acids is 2. The fourth-order valence-corrected chi connectivity index (χ4v) is 3.30. The van der Waals surface area contributed by atoms with Crippen molar-refractivity contribution in [2.75, 3.05) is 5.73 Å². The van der Waals surface area contributed by atoms with Crippen LogP contribution in [0.1, 0.15) is 21.6 Å². The minimum atomic E-state index is -1.25. The third kappa shape index (κ3) is 3.24. The Kier molecular flexibility index (Phi) is 4.63. The van der Waals surface area contributed by atoms with E-state index in [1.807, 2.05) is 0 Å². The van der Waals surface area contributed by atoms with E-state index < -0.39 is 11.9 Å². The molecule has 0 saturated carbocycles. The van der Waals surface area contributed by atoms with Gasteiger partial charge >= 0.3 is 11.9 Å². The third-order valence-corrected chi connectivity index (χ3v) is 4.30. The molecule has 26 heavy (non-hydrogen) atoms. The maximum Gasteiger partial charge on any atom is 0.352 e. The molecular weight excluding hydrogens is 379 g/mol. The highest BCUT2D eigenvalue weighted by Gasteiger charge is 2.21. The van der Waals surface area contributed by atoms with Crippen molar-refractivity contribution in [3.8, 4) is 0 Å². The van der Waals surface area contributed by atoms with Gasteiger partial charge in [-0.1, -0.05) is 35.3 Å². The van der Waals surface area contributed by atoms with Gasteiger partial charge in [-0.15, -0.1) is 0 Å². The molecule has 0 aliphatic rings. The van der Waals surface area contributed by atoms with Gasteiger partial charge in [-0.25, -0.2) is 9.59 Å². The van der Waals surface area contributed by atoms with Crippen LogP contribution in [0, 0.1) is 0 Å². The first-order valence-corrected chi connectivity index (χ1v) is 8.08. The van der Waals surface area contributed by atoms with E-state index in [1.54, 1.807) is 18.2 Å². The Labute approximate surface area is 157 Å². The predicted octanol–water partition coefficient (Wildman–Crippen LogP) is 4.38. The molecule has 1 heterocycles. The number of nitrogen functional groups attached to an aromatic ring is 1. The summed E-state index contributed by atoms with van der Waals surface area (Å²) in [7, 11) is 0. The summed E-state index contributed by atoms with van der Waals surface area (Å²) < 4.78 is 0. The lowest BCUT2D eigenvalue weighted by Gasteiger charge is -2.05. The van der Waals surface area contributed by atoms with Gasteiger partial charge in [0.05, 0.1) is 10.6 Å². The van der Waals surface area contributed by atoms with Gasteiger partial charge in [-0.2, -0.15) is 0 Å². The van der Waals surface area contributed by atoms with Crippen LogP contribution in [0.25, 0.3) is 22.6 Å². The van der Waals surface area contributed by atoms with Crippen molar-refractivity contribution in [3.05, 3.63) is 63.3 Å². The summed E-state index contributed by atoms with van der Waals surface area (Å²) in [6, 6.07) is 9.28. The van der Waals surface area contributed by atoms with E-state index in [0.717, 1.165) is 0 Å². The molecule has 0 aliphatic carbocycles. The molecule has 5 N–H and O–H groups in total. The maximum atomic E-state index is 11.8. The van der Waals surface area contributed by atoms with Crippen molar-refractivity contribution in [2.24, 2.45) is 0 Å². The van der Waals surface area contributed by atoms with E-state index in [-0.39, 0.29) is 21.9 Å². The number of nitrogens with one attached hydrogen (secondary N) is 1. The summed E-state index contributed by atoms with van der Waals surface area (Å²) in [5.41, 5.74) is 6.68. The highest BCUT2D eigenvalue weighted by molar-refractivity contribution is 6.39. The molecule has 132 valence electrons. The standard InChI is InChI=1S/C18H12Cl2N2O4/c19-9-5-13(20)15-12(16(18(25)26)22-14(15)6-9)7-11(17(23)24)8-2-1-3-10(21)4-8/h1-7,22H,21H2,(H,23,24)(H,25,26). The number of aromatic nitrogens is 1. The second-order valence-electron chi connectivity index (χ2n) is 5.52. The van der Waals surface area contributed by atoms with Gasteiger partial charge in [0, 0.05) is 27.2 Å². The van der Waals surface area contributed by atoms with Crippen LogP contribution in [0.15, 0.2) is 36.4 Å². The number of anilines is 1. The lowest BCUT2D eigenvalue weighted by Crippen LogP contribution is -2.03. The van der Waals surface area contributed by atoms with Crippen molar-refractivity contribution in [2.45, 2.75) is 0 Å². The van der Waals surface area contributed by atoms with Gasteiger partial charge in [0.1, 0.15) is 5.69 Å². The number of carboxylic acid groups (broad SMARTS) is 2. The molecule has 0 bridgehead atoms. The molecule has 0 saturated heterocycles. The number of carbonyl (C=O) groups is 2. The van der Waals surface area contributed by atoms with E-state index in [4.69, 9.17) is 28.9 Å². The smallest absolute Gasteiger partial charge is 0.352 e. The average molecular weight is 391 g/mol. The first-order valence-electron chi connectivity index (χ1n) is 7.33. The zero-order valence-electron chi connectivity index (χ0n) is 13.1. The van der Waals surface area contributed by atoms with Gasteiger partial charge in [-0.3, -0.25) is 0 Å². The number of hydrogen-bond donors (Lipinski definition) is 4. The van der Waals surface area contributed by atoms with Crippen molar-refractivity contribution in [1.29, 1.82) is 0 Å². The van der Waals surface area contributed by atoms with Gasteiger partial charge < -0.3 is 20.9 Å². The second kappa shape index (κ2) is 6.74. The van der Waals surface area contributed by atoms with E-state index in [1.165, 1.54) is 24.3 Å². The van der Waals surface area contributed by atoms with Gasteiger partial charge in [-0.05, 0) is 35.9 Å². The Hall–Kier alpha value is -2.96. The summed E-state index contributed by atoms with van der Waals surface area (Å²) in [5, 5.41) is 20.0. The van der Waals surface area contributed by atoms with E-state index >= 15 is 0 Å². The number of H-pyrrole nitrogens is 1. The Bertz CT molecular complexity index is 1090. The van der Waals surface area contributed by atoms with Crippen molar-refractivity contribution >= 4 is 63.4 Å². The van der Waals surface area contributed by atoms with Crippen molar-refractivity contribution in [3.63, 3.8) is 0 Å². The monoisotopic (exact) mass is 390 g/mol. The minimum absolute atomic E-state index is 0.119. The Morgan fingerprint density at radius 2 is 1.85 bits per heavy atom. The number of nitrogens with two attached hydrogens (primary N) is 1. The molecule has 1 aromatic heterocycles. The summed E-state index contributed by atoms with van der Waals surface area (Å²) in [6.45, 7) is 0. The van der Waals surface area contributed by atoms with Crippen LogP contribution in [0.3, 0.4) is 0 Å². The first-order chi connectivity index (χ1) is 12.3. The third-order valence-electron chi connectivity index (χ3n) is 3.78. The van der Waals surface area contributed by atoms with E-state index in [2.05, 4.69) is 4.98 Å². The number of hydrogen-bond acceptors (Lipinski definition) is 3. The number of aromatic carboxylic acids is 1. The number of fused-ring (bicyclic) bond motifs is 1. The Morgan fingerprint density at radius 3 is 2.46 bits per heavy atom. The van der Waals surface area contributed by atoms with E-state index in [9.17, 15) is 19.8 Å². The molecule has 0 atom stereocenters. The summed E-state index contributed by atoms with van der Waals surface area (Å²) >= 11 is 12.2. The molecular formula is C18H12Cl2N2O4. The minimum Gasteiger partial charge on any atom is -0.478 e. The number of aromatic amines is 1. The maximum absolute atomic E-state index is 11.8. The zero-order chi connectivity index (χ0) is 19.0. The second-order valence-corrected chi connectivity index (χ2v) is 6.36. The number of rotatable bonds is 4. The normalized spacial score (nSPS) is 11.7. The first kappa shape index (κ1) is 17.8. The number of benzene rings is 2. The Balaban J connectivity index is 2.35. The lowest BCUT2D eigenvalue weighted by molar-refractivity contribution is -0.130. The van der Waals surface area contributed by atoms with Gasteiger partial charge in [0.15, 0.2) is 0 Å². The Morgan fingerprint density at radius 1 is 1.12 bits per heavy atom. The summed E-state index contributed by atoms with van der Waals surface area (Å²) in [6.07, 6.45) is 1.26. The number of halogens is 2. The number of aliphatic carboxylic acids is 1. The average Bonchev–Trinajstić information content (AvgIpc) is 2.91. The van der Waals surface area contributed by atoms with E-state index in [0.29, 0.717) is 27.2 Å². The fourth-order valence-electron chi connectivity index (χ4n) is 2.71. The molecule has 0 amide bonds. The van der Waals surface area contributed by atoms with Crippen LogP contribution in [0.4, 0.5) is 5.69 Å². The fraction of sp³-hybridized carbons (Fsp3) is 0. The van der Waals surface area contributed by atoms with Crippen molar-refractivity contribution < 1.29 is 19.8 Å². The highest BCUT2D eigenvalue weighted by atomic mass is 35.5. The molecule has 0 spiro atoms. The molecule has 8 heteroatoms. The molecule has 0 aliphatic heterocycles. The topological polar surface area (TPSA) is 116 Å². The summed E-state index contributed by atoms with van der Waals surface area (Å²) in [5.74, 6) is -2.48. The van der Waals surface area contributed by atoms with Crippen LogP contribution in [0.5, 0.6) is 0 Å². The molecule has 3 aromatic rings. The highest BCUT2D eigenvalue weighted by Crippen LogP contribution is 2.35. The molecule has 3 rings (SSSR count). The van der Waals surface area contributed by atoms with Crippen molar-refractivity contribution in [1.82, 2.24) is 4.98 Å². The van der Waals surface area contributed by atoms with Gasteiger partial charge in [0.2, 0.25) is 0 Å². The van der Waals surface area contributed by atoms with Crippen LogP contribution in [-0.4, -0.2) is 27.1 Å². The summed E-state index contributed by atoms with van der Waals surface area (Å²) in [4.78, 5) is 26.1. The molecule has 0 unspecified atom stereocenters. The van der Waals surface area contributed by atoms with Crippen LogP contribution < -0.4 is 5.73 Å².